The number of benzene rings is 2. The van der Waals surface area contributed by atoms with Crippen molar-refractivity contribution in [3.63, 3.8) is 0 Å². The quantitative estimate of drug-likeness (QED) is 0.663. The van der Waals surface area contributed by atoms with Crippen molar-refractivity contribution < 1.29 is 9.47 Å². The van der Waals surface area contributed by atoms with Crippen molar-refractivity contribution in [1.29, 1.82) is 0 Å². The predicted molar refractivity (Wildman–Crippen MR) is 105 cm³/mol. The predicted octanol–water partition coefficient (Wildman–Crippen LogP) is 4.57. The van der Waals surface area contributed by atoms with Gasteiger partial charge in [0.25, 0.3) is 0 Å². The Kier molecular flexibility index (Phi) is 5.18. The van der Waals surface area contributed by atoms with Crippen LogP contribution in [-0.4, -0.2) is 18.1 Å². The first kappa shape index (κ1) is 17.1. The molecule has 0 radical (unpaired) electrons. The summed E-state index contributed by atoms with van der Waals surface area (Å²) < 4.78 is 11.6. The van der Waals surface area contributed by atoms with Gasteiger partial charge in [0.15, 0.2) is 0 Å². The Morgan fingerprint density at radius 2 is 2.00 bits per heavy atom. The maximum atomic E-state index is 5.84. The van der Waals surface area contributed by atoms with Crippen molar-refractivity contribution in [2.24, 2.45) is 0 Å². The Morgan fingerprint density at radius 1 is 1.15 bits per heavy atom. The number of ether oxygens (including phenoxy) is 2. The summed E-state index contributed by atoms with van der Waals surface area (Å²) in [5.41, 5.74) is 4.77. The van der Waals surface area contributed by atoms with Gasteiger partial charge in [-0.2, -0.15) is 0 Å². The highest BCUT2D eigenvalue weighted by Crippen LogP contribution is 2.26. The number of aromatic nitrogens is 1. The fourth-order valence-electron chi connectivity index (χ4n) is 3.13. The second kappa shape index (κ2) is 7.89. The number of para-hydroxylation sites is 1. The van der Waals surface area contributed by atoms with Crippen molar-refractivity contribution in [3.05, 3.63) is 75.7 Å². The van der Waals surface area contributed by atoms with Crippen molar-refractivity contribution in [2.75, 3.05) is 18.1 Å². The molecule has 0 amide bonds. The van der Waals surface area contributed by atoms with E-state index in [4.69, 9.17) is 9.47 Å². The highest BCUT2D eigenvalue weighted by Gasteiger charge is 2.15. The van der Waals surface area contributed by atoms with E-state index in [1.165, 1.54) is 16.8 Å². The highest BCUT2D eigenvalue weighted by molar-refractivity contribution is 7.09. The van der Waals surface area contributed by atoms with Crippen molar-refractivity contribution >= 4 is 17.0 Å². The largest absolute Gasteiger partial charge is 0.487 e. The van der Waals surface area contributed by atoms with Gasteiger partial charge in [0.2, 0.25) is 0 Å². The Bertz CT molecular complexity index is 860. The van der Waals surface area contributed by atoms with E-state index >= 15 is 0 Å². The van der Waals surface area contributed by atoms with E-state index in [2.05, 4.69) is 46.3 Å². The zero-order chi connectivity index (χ0) is 17.8. The van der Waals surface area contributed by atoms with E-state index in [9.17, 15) is 0 Å². The second-order valence-corrected chi connectivity index (χ2v) is 7.46. The third kappa shape index (κ3) is 4.06. The standard InChI is InChI=1S/C21H22N2O2S/c1-16-22-19(15-26-16)14-25-20-8-6-17(7-9-20)12-23-10-11-24-13-18-4-2-3-5-21(18)23/h2-9,15H,10-14H2,1H3. The monoisotopic (exact) mass is 366 g/mol. The lowest BCUT2D eigenvalue weighted by atomic mass is 10.1. The Hall–Kier alpha value is -2.37. The summed E-state index contributed by atoms with van der Waals surface area (Å²) in [6.07, 6.45) is 0. The van der Waals surface area contributed by atoms with Crippen LogP contribution in [0.15, 0.2) is 53.9 Å². The molecular weight excluding hydrogens is 344 g/mol. The minimum absolute atomic E-state index is 0.514. The molecule has 0 aliphatic carbocycles. The number of fused-ring (bicyclic) bond motifs is 1. The minimum Gasteiger partial charge on any atom is -0.487 e. The highest BCUT2D eigenvalue weighted by atomic mass is 32.1. The van der Waals surface area contributed by atoms with Crippen molar-refractivity contribution in [1.82, 2.24) is 4.98 Å². The molecule has 0 fully saturated rings. The van der Waals surface area contributed by atoms with Gasteiger partial charge in [-0.05, 0) is 30.7 Å². The van der Waals surface area contributed by atoms with Crippen LogP contribution in [0.1, 0.15) is 21.8 Å². The lowest BCUT2D eigenvalue weighted by Crippen LogP contribution is -2.25. The fraction of sp³-hybridized carbons (Fsp3) is 0.286. The average Bonchev–Trinajstić information content (AvgIpc) is 2.98. The van der Waals surface area contributed by atoms with E-state index in [1.54, 1.807) is 11.3 Å². The molecule has 4 nitrogen and oxygen atoms in total. The lowest BCUT2D eigenvalue weighted by molar-refractivity contribution is 0.132. The number of aryl methyl sites for hydroxylation is 1. The van der Waals surface area contributed by atoms with Crippen LogP contribution in [0.4, 0.5) is 5.69 Å². The van der Waals surface area contributed by atoms with Gasteiger partial charge < -0.3 is 14.4 Å². The second-order valence-electron chi connectivity index (χ2n) is 6.39. The molecule has 0 unspecified atom stereocenters. The fourth-order valence-corrected chi connectivity index (χ4v) is 3.72. The van der Waals surface area contributed by atoms with Gasteiger partial charge in [0.1, 0.15) is 12.4 Å². The first-order valence-electron chi connectivity index (χ1n) is 8.81. The summed E-state index contributed by atoms with van der Waals surface area (Å²) in [5, 5.41) is 3.11. The number of thiazole rings is 1. The smallest absolute Gasteiger partial charge is 0.131 e. The summed E-state index contributed by atoms with van der Waals surface area (Å²) >= 11 is 1.65. The zero-order valence-corrected chi connectivity index (χ0v) is 15.7. The number of anilines is 1. The summed E-state index contributed by atoms with van der Waals surface area (Å²) in [6, 6.07) is 16.8. The van der Waals surface area contributed by atoms with E-state index in [1.807, 2.05) is 24.4 Å². The molecule has 0 spiro atoms. The third-order valence-electron chi connectivity index (χ3n) is 4.45. The van der Waals surface area contributed by atoms with Crippen LogP contribution in [0.3, 0.4) is 0 Å². The van der Waals surface area contributed by atoms with E-state index < -0.39 is 0 Å². The first-order chi connectivity index (χ1) is 12.8. The SMILES string of the molecule is Cc1nc(COc2ccc(CN3CCOCc4ccccc43)cc2)cs1. The summed E-state index contributed by atoms with van der Waals surface area (Å²) in [5.74, 6) is 0.874. The minimum atomic E-state index is 0.514. The first-order valence-corrected chi connectivity index (χ1v) is 9.69. The molecule has 0 atom stereocenters. The maximum absolute atomic E-state index is 5.84. The van der Waals surface area contributed by atoms with Gasteiger partial charge in [-0.15, -0.1) is 11.3 Å². The summed E-state index contributed by atoms with van der Waals surface area (Å²) in [7, 11) is 0. The molecule has 26 heavy (non-hydrogen) atoms. The molecule has 3 aromatic rings. The van der Waals surface area contributed by atoms with Crippen LogP contribution in [0.5, 0.6) is 5.75 Å². The molecular formula is C21H22N2O2S. The lowest BCUT2D eigenvalue weighted by Gasteiger charge is -2.24. The number of rotatable bonds is 5. The topological polar surface area (TPSA) is 34.6 Å². The number of hydrogen-bond acceptors (Lipinski definition) is 5. The molecule has 0 bridgehead atoms. The van der Waals surface area contributed by atoms with Crippen LogP contribution >= 0.6 is 11.3 Å². The van der Waals surface area contributed by atoms with Crippen LogP contribution in [0, 0.1) is 6.92 Å². The normalized spacial score (nSPS) is 14.0. The molecule has 1 aromatic heterocycles. The van der Waals surface area contributed by atoms with Crippen molar-refractivity contribution in [2.45, 2.75) is 26.7 Å². The van der Waals surface area contributed by atoms with Gasteiger partial charge in [-0.25, -0.2) is 4.98 Å². The molecule has 1 aliphatic rings. The van der Waals surface area contributed by atoms with E-state index in [-0.39, 0.29) is 0 Å². The molecule has 1 aliphatic heterocycles. The Labute approximate surface area is 158 Å². The molecule has 0 saturated carbocycles. The van der Waals surface area contributed by atoms with Crippen LogP contribution in [0.2, 0.25) is 0 Å². The van der Waals surface area contributed by atoms with Crippen LogP contribution < -0.4 is 9.64 Å². The van der Waals surface area contributed by atoms with E-state index in [0.29, 0.717) is 13.2 Å². The molecule has 2 heterocycles. The summed E-state index contributed by atoms with van der Waals surface area (Å²) in [4.78, 5) is 6.81. The third-order valence-corrected chi connectivity index (χ3v) is 5.27. The van der Waals surface area contributed by atoms with Crippen LogP contribution in [-0.2, 0) is 24.5 Å². The van der Waals surface area contributed by atoms with Gasteiger partial charge in [-0.1, -0.05) is 30.3 Å². The number of hydrogen-bond donors (Lipinski definition) is 0. The van der Waals surface area contributed by atoms with Gasteiger partial charge in [-0.3, -0.25) is 0 Å². The molecule has 134 valence electrons. The summed E-state index contributed by atoms with van der Waals surface area (Å²) in [6.45, 7) is 5.73. The van der Waals surface area contributed by atoms with Gasteiger partial charge in [0, 0.05) is 29.7 Å². The van der Waals surface area contributed by atoms with E-state index in [0.717, 1.165) is 36.1 Å². The number of nitrogens with zero attached hydrogens (tertiary/aromatic N) is 2. The van der Waals surface area contributed by atoms with Crippen molar-refractivity contribution in [3.8, 4) is 5.75 Å². The molecule has 5 heteroatoms. The van der Waals surface area contributed by atoms with Gasteiger partial charge >= 0.3 is 0 Å². The zero-order valence-electron chi connectivity index (χ0n) is 14.9. The molecule has 0 saturated heterocycles. The Morgan fingerprint density at radius 3 is 2.81 bits per heavy atom. The van der Waals surface area contributed by atoms with Gasteiger partial charge in [0.05, 0.1) is 23.9 Å². The average molecular weight is 366 g/mol. The van der Waals surface area contributed by atoms with Crippen LogP contribution in [0.25, 0.3) is 0 Å². The maximum Gasteiger partial charge on any atom is 0.131 e. The molecule has 4 rings (SSSR count). The Balaban J connectivity index is 1.41. The molecule has 2 aromatic carbocycles. The molecule has 0 N–H and O–H groups in total.